The SMILES string of the molecule is N#Cc1ccccc1/C=C/C(=O)NC(=O)c1ccccc1. The average molecular weight is 276 g/mol. The lowest BCUT2D eigenvalue weighted by Gasteiger charge is -2.01. The third-order valence-corrected chi connectivity index (χ3v) is 2.77. The summed E-state index contributed by atoms with van der Waals surface area (Å²) in [6, 6.07) is 17.4. The van der Waals surface area contributed by atoms with Crippen molar-refractivity contribution >= 4 is 17.9 Å². The summed E-state index contributed by atoms with van der Waals surface area (Å²) < 4.78 is 0. The van der Waals surface area contributed by atoms with Crippen molar-refractivity contribution in [2.24, 2.45) is 0 Å². The largest absolute Gasteiger partial charge is 0.289 e. The number of imide groups is 1. The van der Waals surface area contributed by atoms with Gasteiger partial charge in [-0.15, -0.1) is 0 Å². The van der Waals surface area contributed by atoms with Gasteiger partial charge in [0.15, 0.2) is 0 Å². The summed E-state index contributed by atoms with van der Waals surface area (Å²) in [6.07, 6.45) is 2.74. The van der Waals surface area contributed by atoms with E-state index in [1.807, 2.05) is 6.07 Å². The lowest BCUT2D eigenvalue weighted by Crippen LogP contribution is -2.28. The number of rotatable bonds is 3. The highest BCUT2D eigenvalue weighted by atomic mass is 16.2. The summed E-state index contributed by atoms with van der Waals surface area (Å²) in [5.41, 5.74) is 1.51. The minimum Gasteiger partial charge on any atom is -0.289 e. The van der Waals surface area contributed by atoms with Gasteiger partial charge in [0, 0.05) is 11.6 Å². The Morgan fingerprint density at radius 2 is 1.67 bits per heavy atom. The molecule has 0 aliphatic carbocycles. The van der Waals surface area contributed by atoms with Crippen LogP contribution in [0.15, 0.2) is 60.7 Å². The molecule has 4 nitrogen and oxygen atoms in total. The molecule has 0 saturated heterocycles. The van der Waals surface area contributed by atoms with Gasteiger partial charge in [0.2, 0.25) is 0 Å². The Balaban J connectivity index is 2.04. The molecule has 2 rings (SSSR count). The van der Waals surface area contributed by atoms with Crippen molar-refractivity contribution in [3.8, 4) is 6.07 Å². The van der Waals surface area contributed by atoms with Gasteiger partial charge in [-0.2, -0.15) is 5.26 Å². The lowest BCUT2D eigenvalue weighted by molar-refractivity contribution is -0.115. The summed E-state index contributed by atoms with van der Waals surface area (Å²) in [5.74, 6) is -0.990. The number of nitrogens with one attached hydrogen (secondary N) is 1. The third kappa shape index (κ3) is 3.88. The van der Waals surface area contributed by atoms with E-state index in [4.69, 9.17) is 5.26 Å². The third-order valence-electron chi connectivity index (χ3n) is 2.77. The van der Waals surface area contributed by atoms with Crippen molar-refractivity contribution in [2.75, 3.05) is 0 Å². The number of hydrogen-bond acceptors (Lipinski definition) is 3. The molecule has 0 aromatic heterocycles. The normalized spacial score (nSPS) is 10.0. The standard InChI is InChI=1S/C17H12N2O2/c18-12-15-9-5-4-6-13(15)10-11-16(20)19-17(21)14-7-2-1-3-8-14/h1-11H,(H,19,20,21)/b11-10+. The highest BCUT2D eigenvalue weighted by Gasteiger charge is 2.07. The van der Waals surface area contributed by atoms with Crippen LogP contribution in [0.1, 0.15) is 21.5 Å². The van der Waals surface area contributed by atoms with Gasteiger partial charge in [0.1, 0.15) is 0 Å². The Bertz CT molecular complexity index is 728. The maximum atomic E-state index is 11.8. The lowest BCUT2D eigenvalue weighted by atomic mass is 10.1. The van der Waals surface area contributed by atoms with Gasteiger partial charge in [-0.25, -0.2) is 0 Å². The van der Waals surface area contributed by atoms with E-state index in [1.54, 1.807) is 54.6 Å². The van der Waals surface area contributed by atoms with Gasteiger partial charge in [-0.3, -0.25) is 14.9 Å². The summed E-state index contributed by atoms with van der Waals surface area (Å²) >= 11 is 0. The van der Waals surface area contributed by atoms with Crippen LogP contribution in [0.4, 0.5) is 0 Å². The Hall–Kier alpha value is -3.19. The number of nitrogens with zero attached hydrogens (tertiary/aromatic N) is 1. The fourth-order valence-electron chi connectivity index (χ4n) is 1.72. The maximum absolute atomic E-state index is 11.8. The van der Waals surface area contributed by atoms with E-state index < -0.39 is 11.8 Å². The molecule has 21 heavy (non-hydrogen) atoms. The second-order valence-corrected chi connectivity index (χ2v) is 4.22. The molecule has 0 spiro atoms. The van der Waals surface area contributed by atoms with Crippen LogP contribution in [-0.4, -0.2) is 11.8 Å². The fourth-order valence-corrected chi connectivity index (χ4v) is 1.72. The zero-order valence-electron chi connectivity index (χ0n) is 11.1. The van der Waals surface area contributed by atoms with Crippen molar-refractivity contribution in [3.63, 3.8) is 0 Å². The molecule has 2 amide bonds. The molecule has 0 saturated carbocycles. The first-order valence-corrected chi connectivity index (χ1v) is 6.28. The fraction of sp³-hybridized carbons (Fsp3) is 0. The molecule has 0 bridgehead atoms. The van der Waals surface area contributed by atoms with Crippen LogP contribution in [0.25, 0.3) is 6.08 Å². The van der Waals surface area contributed by atoms with E-state index in [2.05, 4.69) is 5.32 Å². The van der Waals surface area contributed by atoms with Gasteiger partial charge >= 0.3 is 0 Å². The smallest absolute Gasteiger partial charge is 0.258 e. The number of amides is 2. The highest BCUT2D eigenvalue weighted by molar-refractivity contribution is 6.09. The Kier molecular flexibility index (Phi) is 4.62. The van der Waals surface area contributed by atoms with Gasteiger partial charge < -0.3 is 0 Å². The Labute approximate surface area is 122 Å². The zero-order chi connectivity index (χ0) is 15.1. The molecule has 1 N–H and O–H groups in total. The molecule has 2 aromatic carbocycles. The van der Waals surface area contributed by atoms with Gasteiger partial charge in [0.05, 0.1) is 11.6 Å². The summed E-state index contributed by atoms with van der Waals surface area (Å²) in [6.45, 7) is 0. The zero-order valence-corrected chi connectivity index (χ0v) is 11.1. The molecule has 0 aliphatic rings. The number of benzene rings is 2. The van der Waals surface area contributed by atoms with Crippen LogP contribution in [0.5, 0.6) is 0 Å². The predicted molar refractivity (Wildman–Crippen MR) is 79.1 cm³/mol. The average Bonchev–Trinajstić information content (AvgIpc) is 2.54. The maximum Gasteiger partial charge on any atom is 0.258 e. The van der Waals surface area contributed by atoms with Crippen molar-refractivity contribution in [2.45, 2.75) is 0 Å². The molecule has 0 aliphatic heterocycles. The Morgan fingerprint density at radius 1 is 1.00 bits per heavy atom. The molecule has 0 radical (unpaired) electrons. The first-order valence-electron chi connectivity index (χ1n) is 6.28. The minimum atomic E-state index is -0.531. The van der Waals surface area contributed by atoms with Crippen LogP contribution >= 0.6 is 0 Å². The van der Waals surface area contributed by atoms with E-state index in [0.29, 0.717) is 16.7 Å². The molecule has 4 heteroatoms. The molecule has 2 aromatic rings. The molecule has 102 valence electrons. The summed E-state index contributed by atoms with van der Waals surface area (Å²) in [7, 11) is 0. The van der Waals surface area contributed by atoms with Crippen molar-refractivity contribution in [3.05, 3.63) is 77.4 Å². The van der Waals surface area contributed by atoms with Crippen LogP contribution in [0, 0.1) is 11.3 Å². The van der Waals surface area contributed by atoms with E-state index in [0.717, 1.165) is 0 Å². The van der Waals surface area contributed by atoms with Crippen molar-refractivity contribution in [1.29, 1.82) is 5.26 Å². The topological polar surface area (TPSA) is 70.0 Å². The number of hydrogen-bond donors (Lipinski definition) is 1. The second-order valence-electron chi connectivity index (χ2n) is 4.22. The number of carbonyl (C=O) groups is 2. The van der Waals surface area contributed by atoms with E-state index in [1.165, 1.54) is 12.2 Å². The monoisotopic (exact) mass is 276 g/mol. The van der Waals surface area contributed by atoms with Gasteiger partial charge in [-0.1, -0.05) is 36.4 Å². The first-order chi connectivity index (χ1) is 10.2. The van der Waals surface area contributed by atoms with E-state index in [-0.39, 0.29) is 0 Å². The number of nitriles is 1. The predicted octanol–water partition coefficient (Wildman–Crippen LogP) is 2.53. The highest BCUT2D eigenvalue weighted by Crippen LogP contribution is 2.09. The van der Waals surface area contributed by atoms with Crippen molar-refractivity contribution in [1.82, 2.24) is 5.32 Å². The molecular weight excluding hydrogens is 264 g/mol. The molecule has 0 fully saturated rings. The van der Waals surface area contributed by atoms with Gasteiger partial charge in [-0.05, 0) is 29.8 Å². The quantitative estimate of drug-likeness (QED) is 0.876. The first kappa shape index (κ1) is 14.2. The Morgan fingerprint density at radius 3 is 2.38 bits per heavy atom. The molecule has 0 heterocycles. The summed E-state index contributed by atoms with van der Waals surface area (Å²) in [4.78, 5) is 23.5. The van der Waals surface area contributed by atoms with Crippen LogP contribution in [0.3, 0.4) is 0 Å². The number of carbonyl (C=O) groups excluding carboxylic acids is 2. The molecule has 0 atom stereocenters. The molecule has 0 unspecified atom stereocenters. The summed E-state index contributed by atoms with van der Waals surface area (Å²) in [5, 5.41) is 11.2. The van der Waals surface area contributed by atoms with Crippen LogP contribution in [-0.2, 0) is 4.79 Å². The van der Waals surface area contributed by atoms with Crippen LogP contribution < -0.4 is 5.32 Å². The second kappa shape index (κ2) is 6.83. The van der Waals surface area contributed by atoms with Crippen molar-refractivity contribution < 1.29 is 9.59 Å². The van der Waals surface area contributed by atoms with E-state index in [9.17, 15) is 9.59 Å². The van der Waals surface area contributed by atoms with E-state index >= 15 is 0 Å². The molecular formula is C17H12N2O2. The van der Waals surface area contributed by atoms with Crippen LogP contribution in [0.2, 0.25) is 0 Å². The van der Waals surface area contributed by atoms with Gasteiger partial charge in [0.25, 0.3) is 11.8 Å². The minimum absolute atomic E-state index is 0.414.